The van der Waals surface area contributed by atoms with Crippen molar-refractivity contribution in [1.29, 1.82) is 0 Å². The van der Waals surface area contributed by atoms with Crippen LogP contribution in [-0.2, 0) is 24.4 Å². The number of aromatic nitrogens is 3. The van der Waals surface area contributed by atoms with Crippen LogP contribution in [-0.4, -0.2) is 19.6 Å². The van der Waals surface area contributed by atoms with Crippen molar-refractivity contribution in [2.45, 2.75) is 39.4 Å². The van der Waals surface area contributed by atoms with Gasteiger partial charge in [0.1, 0.15) is 6.54 Å². The molecule has 8 heteroatoms. The summed E-state index contributed by atoms with van der Waals surface area (Å²) in [7, 11) is 0. The molecule has 148 valence electrons. The molecule has 28 heavy (non-hydrogen) atoms. The second-order valence-electron chi connectivity index (χ2n) is 6.56. The fourth-order valence-electron chi connectivity index (χ4n) is 2.71. The van der Waals surface area contributed by atoms with Crippen molar-refractivity contribution in [3.63, 3.8) is 0 Å². The maximum absolute atomic E-state index is 12.5. The molecule has 0 unspecified atom stereocenters. The van der Waals surface area contributed by atoms with Crippen LogP contribution in [0.1, 0.15) is 25.3 Å². The number of carbonyl (C=O) groups excluding carboxylic acids is 1. The lowest BCUT2D eigenvalue weighted by molar-refractivity contribution is -0.116. The van der Waals surface area contributed by atoms with Gasteiger partial charge in [0, 0.05) is 5.69 Å². The van der Waals surface area contributed by atoms with E-state index in [-0.39, 0.29) is 19.0 Å². The average molecular weight is 384 g/mol. The summed E-state index contributed by atoms with van der Waals surface area (Å²) in [6.45, 7) is 10.4. The Morgan fingerprint density at radius 3 is 2.04 bits per heavy atom. The summed E-state index contributed by atoms with van der Waals surface area (Å²) in [6.07, 6.45) is 2.74. The number of carbonyl (C=O) groups is 1. The quantitative estimate of drug-likeness (QED) is 0.694. The van der Waals surface area contributed by atoms with Crippen molar-refractivity contribution in [3.8, 4) is 0 Å². The topological polar surface area (TPSA) is 95.1 Å². The van der Waals surface area contributed by atoms with E-state index in [9.17, 15) is 19.2 Å². The molecule has 0 aliphatic heterocycles. The van der Waals surface area contributed by atoms with E-state index in [1.165, 1.54) is 12.2 Å². The van der Waals surface area contributed by atoms with E-state index >= 15 is 0 Å². The minimum absolute atomic E-state index is 0.0762. The van der Waals surface area contributed by atoms with Gasteiger partial charge >= 0.3 is 17.1 Å². The number of anilines is 1. The minimum atomic E-state index is -0.860. The third kappa shape index (κ3) is 4.46. The molecule has 0 atom stereocenters. The molecule has 0 aliphatic carbocycles. The molecule has 0 aliphatic rings. The fraction of sp³-hybridized carbons (Fsp3) is 0.300. The minimum Gasteiger partial charge on any atom is -0.325 e. The maximum atomic E-state index is 12.5. The van der Waals surface area contributed by atoms with Gasteiger partial charge in [-0.15, -0.1) is 13.2 Å². The second-order valence-corrected chi connectivity index (χ2v) is 6.56. The highest BCUT2D eigenvalue weighted by Gasteiger charge is 2.16. The van der Waals surface area contributed by atoms with Crippen LogP contribution in [0.25, 0.3) is 0 Å². The third-order valence-corrected chi connectivity index (χ3v) is 4.15. The van der Waals surface area contributed by atoms with E-state index in [4.69, 9.17) is 0 Å². The number of hydrogen-bond donors (Lipinski definition) is 1. The Kier molecular flexibility index (Phi) is 6.70. The highest BCUT2D eigenvalue weighted by atomic mass is 16.2. The molecule has 0 bridgehead atoms. The summed E-state index contributed by atoms with van der Waals surface area (Å²) in [5, 5.41) is 2.68. The lowest BCUT2D eigenvalue weighted by atomic mass is 10.0. The smallest absolute Gasteiger partial charge is 0.325 e. The van der Waals surface area contributed by atoms with Gasteiger partial charge in [0.2, 0.25) is 5.91 Å². The van der Waals surface area contributed by atoms with Crippen LogP contribution in [0.5, 0.6) is 0 Å². The van der Waals surface area contributed by atoms with E-state index in [0.29, 0.717) is 5.69 Å². The first-order valence-corrected chi connectivity index (χ1v) is 8.86. The fourth-order valence-corrected chi connectivity index (χ4v) is 2.71. The van der Waals surface area contributed by atoms with Gasteiger partial charge in [-0.05, 0) is 23.6 Å². The van der Waals surface area contributed by atoms with Gasteiger partial charge < -0.3 is 5.32 Å². The predicted octanol–water partition coefficient (Wildman–Crippen LogP) is 1.31. The van der Waals surface area contributed by atoms with Crippen molar-refractivity contribution in [2.24, 2.45) is 0 Å². The number of nitrogens with one attached hydrogen (secondary N) is 1. The first kappa shape index (κ1) is 20.9. The van der Waals surface area contributed by atoms with E-state index in [1.54, 1.807) is 6.07 Å². The van der Waals surface area contributed by atoms with Crippen molar-refractivity contribution >= 4 is 11.6 Å². The zero-order valence-electron chi connectivity index (χ0n) is 16.1. The standard InChI is InChI=1S/C20H24N4O4/c1-5-10-22-18(26)23(11-6-2)20(28)24(19(22)27)13-17(25)21-16-9-7-8-15(12-16)14(3)4/h5-9,12,14H,1-2,10-11,13H2,3-4H3,(H,21,25). The predicted molar refractivity (Wildman–Crippen MR) is 109 cm³/mol. The lowest BCUT2D eigenvalue weighted by Crippen LogP contribution is -2.55. The molecule has 2 rings (SSSR count). The van der Waals surface area contributed by atoms with Crippen LogP contribution in [0.3, 0.4) is 0 Å². The molecule has 0 fully saturated rings. The molecule has 2 aromatic rings. The van der Waals surface area contributed by atoms with Crippen LogP contribution in [0, 0.1) is 0 Å². The van der Waals surface area contributed by atoms with E-state index in [0.717, 1.165) is 19.3 Å². The third-order valence-electron chi connectivity index (χ3n) is 4.15. The zero-order valence-corrected chi connectivity index (χ0v) is 16.1. The first-order valence-electron chi connectivity index (χ1n) is 8.86. The van der Waals surface area contributed by atoms with Crippen molar-refractivity contribution < 1.29 is 4.79 Å². The molecule has 0 saturated heterocycles. The molecule has 1 aromatic carbocycles. The monoisotopic (exact) mass is 384 g/mol. The summed E-state index contributed by atoms with van der Waals surface area (Å²) < 4.78 is 2.44. The van der Waals surface area contributed by atoms with Crippen LogP contribution in [0.4, 0.5) is 5.69 Å². The molecule has 0 saturated carbocycles. The number of rotatable bonds is 8. The van der Waals surface area contributed by atoms with Gasteiger partial charge in [0.15, 0.2) is 0 Å². The number of benzene rings is 1. The maximum Gasteiger partial charge on any atom is 0.337 e. The van der Waals surface area contributed by atoms with E-state index in [1.807, 2.05) is 32.0 Å². The van der Waals surface area contributed by atoms with Crippen molar-refractivity contribution in [3.05, 3.63) is 86.6 Å². The number of allylic oxidation sites excluding steroid dienone is 2. The van der Waals surface area contributed by atoms with Crippen molar-refractivity contribution in [2.75, 3.05) is 5.32 Å². The molecular weight excluding hydrogens is 360 g/mol. The largest absolute Gasteiger partial charge is 0.337 e. The van der Waals surface area contributed by atoms with Gasteiger partial charge in [0.05, 0.1) is 13.1 Å². The summed E-state index contributed by atoms with van der Waals surface area (Å²) in [5.41, 5.74) is -0.878. The van der Waals surface area contributed by atoms with Gasteiger partial charge in [-0.1, -0.05) is 38.1 Å². The molecule has 1 heterocycles. The van der Waals surface area contributed by atoms with Crippen LogP contribution < -0.4 is 22.4 Å². The van der Waals surface area contributed by atoms with Crippen LogP contribution in [0.15, 0.2) is 64.0 Å². The SMILES string of the molecule is C=CCn1c(=O)n(CC=C)c(=O)n(CC(=O)Nc2cccc(C(C)C)c2)c1=O. The Bertz CT molecular complexity index is 1020. The number of hydrogen-bond acceptors (Lipinski definition) is 4. The Hall–Kier alpha value is -3.42. The molecule has 1 aromatic heterocycles. The van der Waals surface area contributed by atoms with Gasteiger partial charge in [-0.2, -0.15) is 0 Å². The normalized spacial score (nSPS) is 10.7. The van der Waals surface area contributed by atoms with E-state index < -0.39 is 29.5 Å². The highest BCUT2D eigenvalue weighted by molar-refractivity contribution is 5.90. The molecular formula is C20H24N4O4. The summed E-state index contributed by atoms with van der Waals surface area (Å²) >= 11 is 0. The molecule has 1 amide bonds. The van der Waals surface area contributed by atoms with Gasteiger partial charge in [-0.25, -0.2) is 28.1 Å². The number of amides is 1. The lowest BCUT2D eigenvalue weighted by Gasteiger charge is -2.13. The molecule has 0 radical (unpaired) electrons. The van der Waals surface area contributed by atoms with Gasteiger partial charge in [-0.3, -0.25) is 4.79 Å². The Labute approximate surface area is 162 Å². The summed E-state index contributed by atoms with van der Waals surface area (Å²) in [4.78, 5) is 49.9. The highest BCUT2D eigenvalue weighted by Crippen LogP contribution is 2.18. The first-order chi connectivity index (χ1) is 13.3. The molecule has 1 N–H and O–H groups in total. The second kappa shape index (κ2) is 8.98. The van der Waals surface area contributed by atoms with E-state index in [2.05, 4.69) is 18.5 Å². The molecule has 0 spiro atoms. The Morgan fingerprint density at radius 2 is 1.54 bits per heavy atom. The van der Waals surface area contributed by atoms with Crippen LogP contribution in [0.2, 0.25) is 0 Å². The Morgan fingerprint density at radius 1 is 1.00 bits per heavy atom. The summed E-state index contributed by atoms with van der Waals surface area (Å²) in [5.74, 6) is -0.262. The molecule has 8 nitrogen and oxygen atoms in total. The van der Waals surface area contributed by atoms with Gasteiger partial charge in [0.25, 0.3) is 0 Å². The average Bonchev–Trinajstić information content (AvgIpc) is 2.66. The van der Waals surface area contributed by atoms with Crippen molar-refractivity contribution in [1.82, 2.24) is 13.7 Å². The zero-order chi connectivity index (χ0) is 20.8. The number of nitrogens with zero attached hydrogens (tertiary/aromatic N) is 3. The van der Waals surface area contributed by atoms with Crippen LogP contribution >= 0.6 is 0 Å². The summed E-state index contributed by atoms with van der Waals surface area (Å²) in [6, 6.07) is 7.32. The Balaban J connectivity index is 2.41.